The molecule has 148 valence electrons. The van der Waals surface area contributed by atoms with Crippen LogP contribution in [0, 0.1) is 0 Å². The molecule has 1 fully saturated rings. The summed E-state index contributed by atoms with van der Waals surface area (Å²) in [7, 11) is 0. The van der Waals surface area contributed by atoms with E-state index >= 15 is 0 Å². The second-order valence-electron chi connectivity index (χ2n) is 7.30. The fourth-order valence-electron chi connectivity index (χ4n) is 4.17. The Morgan fingerprint density at radius 1 is 1.10 bits per heavy atom. The zero-order chi connectivity index (χ0) is 20.1. The number of thiophene rings is 1. The number of para-hydroxylation sites is 1. The third-order valence-corrected chi connectivity index (χ3v) is 7.22. The Morgan fingerprint density at radius 3 is 2.77 bits per heavy atom. The molecule has 6 rings (SSSR count). The SMILES string of the molecule is O=C1N[C@]2(Oc3ccccc3[C@H]3CC(c4ccccc4)=NN32)/C(=C/c2cccs2)S1. The Bertz CT molecular complexity index is 1190. The molecule has 3 aromatic rings. The Balaban J connectivity index is 1.53. The number of rotatable bonds is 2. The molecule has 1 N–H and O–H groups in total. The van der Waals surface area contributed by atoms with Crippen LogP contribution in [0.25, 0.3) is 6.08 Å². The van der Waals surface area contributed by atoms with E-state index in [0.29, 0.717) is 0 Å². The maximum absolute atomic E-state index is 12.6. The predicted octanol–water partition coefficient (Wildman–Crippen LogP) is 5.44. The molecule has 1 spiro atoms. The second-order valence-corrected chi connectivity index (χ2v) is 9.29. The minimum Gasteiger partial charge on any atom is -0.444 e. The average molecular weight is 432 g/mol. The highest BCUT2D eigenvalue weighted by atomic mass is 32.2. The summed E-state index contributed by atoms with van der Waals surface area (Å²) in [5, 5.41) is 11.9. The number of benzene rings is 2. The Hall–Kier alpha value is -3.03. The van der Waals surface area contributed by atoms with Crippen molar-refractivity contribution in [3.63, 3.8) is 0 Å². The maximum atomic E-state index is 12.6. The van der Waals surface area contributed by atoms with Crippen LogP contribution in [-0.2, 0) is 0 Å². The molecule has 0 saturated carbocycles. The van der Waals surface area contributed by atoms with Crippen LogP contribution < -0.4 is 10.1 Å². The molecule has 0 bridgehead atoms. The summed E-state index contributed by atoms with van der Waals surface area (Å²) >= 11 is 2.80. The van der Waals surface area contributed by atoms with Crippen LogP contribution >= 0.6 is 23.1 Å². The minimum absolute atomic E-state index is 0.0177. The monoisotopic (exact) mass is 431 g/mol. The third-order valence-electron chi connectivity index (χ3n) is 5.50. The molecular formula is C23H17N3O2S2. The highest BCUT2D eigenvalue weighted by Gasteiger charge is 2.58. The Morgan fingerprint density at radius 2 is 1.93 bits per heavy atom. The van der Waals surface area contributed by atoms with Gasteiger partial charge < -0.3 is 4.74 Å². The van der Waals surface area contributed by atoms with Crippen LogP contribution in [0.15, 0.2) is 82.1 Å². The highest BCUT2D eigenvalue weighted by Crippen LogP contribution is 2.52. The molecule has 1 amide bonds. The molecule has 1 aromatic heterocycles. The van der Waals surface area contributed by atoms with Crippen LogP contribution in [0.3, 0.4) is 0 Å². The molecule has 5 nitrogen and oxygen atoms in total. The second kappa shape index (κ2) is 6.75. The predicted molar refractivity (Wildman–Crippen MR) is 120 cm³/mol. The van der Waals surface area contributed by atoms with Gasteiger partial charge >= 0.3 is 5.85 Å². The lowest BCUT2D eigenvalue weighted by Gasteiger charge is -2.45. The first kappa shape index (κ1) is 17.8. The summed E-state index contributed by atoms with van der Waals surface area (Å²) in [6.45, 7) is 0. The van der Waals surface area contributed by atoms with Crippen LogP contribution in [0.4, 0.5) is 4.79 Å². The van der Waals surface area contributed by atoms with Crippen molar-refractivity contribution >= 4 is 40.1 Å². The van der Waals surface area contributed by atoms with Crippen molar-refractivity contribution in [1.29, 1.82) is 0 Å². The van der Waals surface area contributed by atoms with Crippen molar-refractivity contribution in [2.75, 3.05) is 0 Å². The van der Waals surface area contributed by atoms with E-state index in [0.717, 1.165) is 38.8 Å². The van der Waals surface area contributed by atoms with Crippen LogP contribution in [-0.4, -0.2) is 21.8 Å². The van der Waals surface area contributed by atoms with Gasteiger partial charge in [-0.05, 0) is 40.9 Å². The zero-order valence-electron chi connectivity index (χ0n) is 15.8. The number of hydrogen-bond acceptors (Lipinski definition) is 6. The van der Waals surface area contributed by atoms with Crippen molar-refractivity contribution < 1.29 is 9.53 Å². The van der Waals surface area contributed by atoms with Gasteiger partial charge in [-0.3, -0.25) is 10.1 Å². The van der Waals surface area contributed by atoms with Crippen molar-refractivity contribution in [3.05, 3.63) is 93.0 Å². The number of thioether (sulfide) groups is 1. The molecule has 3 aliphatic rings. The van der Waals surface area contributed by atoms with E-state index in [2.05, 4.69) is 23.5 Å². The van der Waals surface area contributed by atoms with Crippen molar-refractivity contribution in [1.82, 2.24) is 10.3 Å². The van der Waals surface area contributed by atoms with Crippen molar-refractivity contribution in [2.45, 2.75) is 18.3 Å². The Labute approximate surface area is 182 Å². The summed E-state index contributed by atoms with van der Waals surface area (Å²) in [4.78, 5) is 14.4. The van der Waals surface area contributed by atoms with Gasteiger partial charge in [0.2, 0.25) is 0 Å². The molecule has 3 aliphatic heterocycles. The van der Waals surface area contributed by atoms with E-state index in [4.69, 9.17) is 9.84 Å². The quantitative estimate of drug-likeness (QED) is 0.587. The lowest BCUT2D eigenvalue weighted by Crippen LogP contribution is -2.61. The number of amides is 1. The normalized spacial score (nSPS) is 25.7. The van der Waals surface area contributed by atoms with Crippen molar-refractivity contribution in [3.8, 4) is 5.75 Å². The van der Waals surface area contributed by atoms with E-state index in [1.54, 1.807) is 11.3 Å². The lowest BCUT2D eigenvalue weighted by molar-refractivity contribution is -0.0949. The number of hydrogen-bond donors (Lipinski definition) is 1. The minimum atomic E-state index is -1.14. The van der Waals surface area contributed by atoms with Gasteiger partial charge in [0.05, 0.1) is 16.7 Å². The summed E-state index contributed by atoms with van der Waals surface area (Å²) in [6.07, 6.45) is 2.77. The van der Waals surface area contributed by atoms with Gasteiger partial charge in [-0.25, -0.2) is 5.01 Å². The fraction of sp³-hybridized carbons (Fsp3) is 0.130. The first-order chi connectivity index (χ1) is 14.7. The van der Waals surface area contributed by atoms with Crippen LogP contribution in [0.5, 0.6) is 5.75 Å². The van der Waals surface area contributed by atoms with Gasteiger partial charge in [0.1, 0.15) is 5.75 Å². The average Bonchev–Trinajstić information content (AvgIpc) is 3.50. The van der Waals surface area contributed by atoms with Crippen LogP contribution in [0.1, 0.15) is 28.5 Å². The maximum Gasteiger partial charge on any atom is 0.314 e. The first-order valence-corrected chi connectivity index (χ1v) is 11.4. The molecule has 0 aliphatic carbocycles. The number of nitrogens with zero attached hydrogens (tertiary/aromatic N) is 2. The number of ether oxygens (including phenoxy) is 1. The number of carbonyl (C=O) groups excluding carboxylic acids is 1. The van der Waals surface area contributed by atoms with Gasteiger partial charge in [0.15, 0.2) is 0 Å². The molecule has 7 heteroatoms. The van der Waals surface area contributed by atoms with E-state index in [1.807, 2.05) is 65.0 Å². The molecule has 0 radical (unpaired) electrons. The van der Waals surface area contributed by atoms with E-state index < -0.39 is 5.85 Å². The fourth-order valence-corrected chi connectivity index (χ4v) is 5.80. The molecule has 2 aromatic carbocycles. The number of carbonyl (C=O) groups is 1. The van der Waals surface area contributed by atoms with Gasteiger partial charge in [-0.2, -0.15) is 5.10 Å². The molecule has 1 saturated heterocycles. The number of hydrazone groups is 1. The highest BCUT2D eigenvalue weighted by molar-refractivity contribution is 8.17. The van der Waals surface area contributed by atoms with E-state index in [1.165, 1.54) is 11.8 Å². The van der Waals surface area contributed by atoms with Gasteiger partial charge in [-0.1, -0.05) is 54.6 Å². The van der Waals surface area contributed by atoms with Crippen molar-refractivity contribution in [2.24, 2.45) is 5.10 Å². The molecule has 4 heterocycles. The van der Waals surface area contributed by atoms with Gasteiger partial charge in [0.25, 0.3) is 5.24 Å². The standard InChI is InChI=1S/C23H17N3O2S2/c27-22-24-23(21(30-22)13-16-9-6-12-29-16)26-19(17-10-4-5-11-20(17)28-23)14-18(25-26)15-7-2-1-3-8-15/h1-13,19H,14H2,(H,24,27)/b21-13-/t19-,23-/m1/s1. The number of nitrogens with one attached hydrogen (secondary N) is 1. The smallest absolute Gasteiger partial charge is 0.314 e. The van der Waals surface area contributed by atoms with Gasteiger partial charge in [0, 0.05) is 16.9 Å². The lowest BCUT2D eigenvalue weighted by atomic mass is 9.96. The summed E-state index contributed by atoms with van der Waals surface area (Å²) in [5.74, 6) is -0.357. The molecule has 2 atom stereocenters. The molecule has 30 heavy (non-hydrogen) atoms. The zero-order valence-corrected chi connectivity index (χ0v) is 17.5. The summed E-state index contributed by atoms with van der Waals surface area (Å²) in [6, 6.07) is 22.2. The molecular weight excluding hydrogens is 414 g/mol. The van der Waals surface area contributed by atoms with Gasteiger partial charge in [-0.15, -0.1) is 11.3 Å². The van der Waals surface area contributed by atoms with E-state index in [9.17, 15) is 4.79 Å². The first-order valence-electron chi connectivity index (χ1n) is 9.69. The largest absolute Gasteiger partial charge is 0.444 e. The van der Waals surface area contributed by atoms with E-state index in [-0.39, 0.29) is 11.3 Å². The summed E-state index contributed by atoms with van der Waals surface area (Å²) < 4.78 is 6.51. The third kappa shape index (κ3) is 2.69. The number of fused-ring (bicyclic) bond motifs is 4. The van der Waals surface area contributed by atoms with Crippen LogP contribution in [0.2, 0.25) is 0 Å². The topological polar surface area (TPSA) is 53.9 Å². The summed E-state index contributed by atoms with van der Waals surface area (Å²) in [5.41, 5.74) is 3.15. The molecule has 0 unspecified atom stereocenters. The Kier molecular flexibility index (Phi) is 4.01.